The predicted molar refractivity (Wildman–Crippen MR) is 44.0 cm³/mol. The number of carbonyl (C=O) groups excluding carboxylic acids is 1. The SMILES string of the molecule is O=C(Cc1ccc(C(F)(F)F)cn1)C(F)(F)F. The zero-order valence-corrected chi connectivity index (χ0v) is 8.06. The highest BCUT2D eigenvalue weighted by Crippen LogP contribution is 2.28. The average Bonchev–Trinajstić information content (AvgIpc) is 2.15. The lowest BCUT2D eigenvalue weighted by atomic mass is 10.1. The molecule has 2 nitrogen and oxygen atoms in total. The summed E-state index contributed by atoms with van der Waals surface area (Å²) in [6, 6.07) is 1.32. The van der Waals surface area contributed by atoms with Gasteiger partial charge in [-0.25, -0.2) is 0 Å². The van der Waals surface area contributed by atoms with E-state index in [1.165, 1.54) is 0 Å². The van der Waals surface area contributed by atoms with E-state index in [2.05, 4.69) is 4.98 Å². The summed E-state index contributed by atoms with van der Waals surface area (Å²) in [7, 11) is 0. The second-order valence-electron chi connectivity index (χ2n) is 3.13. The van der Waals surface area contributed by atoms with Crippen LogP contribution in [0.25, 0.3) is 0 Å². The molecule has 0 saturated carbocycles. The van der Waals surface area contributed by atoms with Crippen molar-refractivity contribution in [1.29, 1.82) is 0 Å². The van der Waals surface area contributed by atoms with E-state index in [4.69, 9.17) is 0 Å². The first-order valence-corrected chi connectivity index (χ1v) is 4.23. The molecule has 0 radical (unpaired) electrons. The summed E-state index contributed by atoms with van der Waals surface area (Å²) in [5.74, 6) is -2.05. The van der Waals surface area contributed by atoms with E-state index in [1.807, 2.05) is 0 Å². The molecular weight excluding hydrogens is 252 g/mol. The summed E-state index contributed by atoms with van der Waals surface area (Å²) < 4.78 is 71.8. The fourth-order valence-electron chi connectivity index (χ4n) is 0.961. The minimum Gasteiger partial charge on any atom is -0.289 e. The van der Waals surface area contributed by atoms with Gasteiger partial charge in [0.05, 0.1) is 12.0 Å². The molecule has 8 heteroatoms. The topological polar surface area (TPSA) is 30.0 Å². The Balaban J connectivity index is 2.80. The van der Waals surface area contributed by atoms with Gasteiger partial charge >= 0.3 is 12.4 Å². The van der Waals surface area contributed by atoms with E-state index in [-0.39, 0.29) is 5.69 Å². The number of rotatable bonds is 2. The second kappa shape index (κ2) is 4.34. The molecule has 1 aromatic heterocycles. The van der Waals surface area contributed by atoms with Crippen LogP contribution in [-0.2, 0) is 17.4 Å². The molecule has 0 fully saturated rings. The first-order chi connectivity index (χ1) is 7.60. The molecule has 0 aliphatic rings. The lowest BCUT2D eigenvalue weighted by Crippen LogP contribution is -2.25. The van der Waals surface area contributed by atoms with Crippen LogP contribution < -0.4 is 0 Å². The Bertz CT molecular complexity index is 405. The Morgan fingerprint density at radius 2 is 1.71 bits per heavy atom. The van der Waals surface area contributed by atoms with Crippen molar-refractivity contribution in [2.75, 3.05) is 0 Å². The average molecular weight is 257 g/mol. The van der Waals surface area contributed by atoms with E-state index in [9.17, 15) is 31.1 Å². The number of alkyl halides is 6. The van der Waals surface area contributed by atoms with Gasteiger partial charge in [-0.1, -0.05) is 0 Å². The third-order valence-corrected chi connectivity index (χ3v) is 1.81. The van der Waals surface area contributed by atoms with E-state index < -0.39 is 30.1 Å². The summed E-state index contributed by atoms with van der Waals surface area (Å²) in [5.41, 5.74) is -1.44. The zero-order chi connectivity index (χ0) is 13.3. The molecule has 17 heavy (non-hydrogen) atoms. The van der Waals surface area contributed by atoms with Gasteiger partial charge in [0.15, 0.2) is 0 Å². The van der Waals surface area contributed by atoms with Gasteiger partial charge in [0.25, 0.3) is 0 Å². The molecule has 0 atom stereocenters. The van der Waals surface area contributed by atoms with E-state index in [0.29, 0.717) is 12.3 Å². The van der Waals surface area contributed by atoms with E-state index in [1.54, 1.807) is 0 Å². The number of halogens is 6. The zero-order valence-electron chi connectivity index (χ0n) is 8.06. The molecule has 0 unspecified atom stereocenters. The van der Waals surface area contributed by atoms with Crippen LogP contribution in [0.4, 0.5) is 26.3 Å². The van der Waals surface area contributed by atoms with Gasteiger partial charge in [-0.05, 0) is 12.1 Å². The Morgan fingerprint density at radius 3 is 2.06 bits per heavy atom. The predicted octanol–water partition coefficient (Wildman–Crippen LogP) is 2.77. The number of nitrogens with zero attached hydrogens (tertiary/aromatic N) is 1. The minimum atomic E-state index is -5.01. The normalized spacial score (nSPS) is 12.6. The second-order valence-corrected chi connectivity index (χ2v) is 3.13. The molecule has 0 aromatic carbocycles. The molecule has 1 rings (SSSR count). The van der Waals surface area contributed by atoms with Crippen LogP contribution in [0.1, 0.15) is 11.3 Å². The van der Waals surface area contributed by atoms with Gasteiger partial charge in [-0.3, -0.25) is 9.78 Å². The maximum absolute atomic E-state index is 12.1. The highest BCUT2D eigenvalue weighted by molar-refractivity contribution is 5.85. The molecule has 94 valence electrons. The van der Waals surface area contributed by atoms with E-state index in [0.717, 1.165) is 6.07 Å². The number of pyridine rings is 1. The molecule has 0 bridgehead atoms. The monoisotopic (exact) mass is 257 g/mol. The fourth-order valence-corrected chi connectivity index (χ4v) is 0.961. The van der Waals surface area contributed by atoms with E-state index >= 15 is 0 Å². The molecule has 0 aliphatic carbocycles. The highest BCUT2D eigenvalue weighted by atomic mass is 19.4. The van der Waals surface area contributed by atoms with Crippen LogP contribution in [0.15, 0.2) is 18.3 Å². The van der Waals surface area contributed by atoms with Gasteiger partial charge in [0.1, 0.15) is 0 Å². The van der Waals surface area contributed by atoms with Crippen molar-refractivity contribution >= 4 is 5.78 Å². The lowest BCUT2D eigenvalue weighted by Gasteiger charge is -2.07. The third-order valence-electron chi connectivity index (χ3n) is 1.81. The summed E-state index contributed by atoms with van der Waals surface area (Å²) in [4.78, 5) is 13.7. The fraction of sp³-hybridized carbons (Fsp3) is 0.333. The van der Waals surface area contributed by atoms with Gasteiger partial charge in [-0.15, -0.1) is 0 Å². The minimum absolute atomic E-state index is 0.361. The molecule has 1 heterocycles. The maximum atomic E-state index is 12.1. The van der Waals surface area contributed by atoms with Crippen LogP contribution in [0.5, 0.6) is 0 Å². The molecule has 0 amide bonds. The van der Waals surface area contributed by atoms with Crippen molar-refractivity contribution < 1.29 is 31.1 Å². The molecule has 0 spiro atoms. The maximum Gasteiger partial charge on any atom is 0.450 e. The summed E-state index contributed by atoms with van der Waals surface area (Å²) >= 11 is 0. The number of ketones is 1. The van der Waals surface area contributed by atoms with Crippen LogP contribution in [0.3, 0.4) is 0 Å². The lowest BCUT2D eigenvalue weighted by molar-refractivity contribution is -0.170. The number of hydrogen-bond acceptors (Lipinski definition) is 2. The van der Waals surface area contributed by atoms with Gasteiger partial charge in [-0.2, -0.15) is 26.3 Å². The van der Waals surface area contributed by atoms with Gasteiger partial charge in [0, 0.05) is 11.9 Å². The summed E-state index contributed by atoms with van der Waals surface area (Å²) in [6.45, 7) is 0. The first kappa shape index (κ1) is 13.5. The standard InChI is InChI=1S/C9H5F6NO/c10-8(11,12)5-1-2-6(16-4-5)3-7(17)9(13,14)15/h1-2,4H,3H2. The molecular formula is C9H5F6NO. The van der Waals surface area contributed by atoms with Crippen LogP contribution in [0, 0.1) is 0 Å². The van der Waals surface area contributed by atoms with Crippen LogP contribution in [-0.4, -0.2) is 16.9 Å². The Labute approximate surface area is 91.3 Å². The van der Waals surface area contributed by atoms with Crippen LogP contribution in [0.2, 0.25) is 0 Å². The number of carbonyl (C=O) groups is 1. The van der Waals surface area contributed by atoms with Crippen molar-refractivity contribution in [2.45, 2.75) is 18.8 Å². The highest BCUT2D eigenvalue weighted by Gasteiger charge is 2.38. The van der Waals surface area contributed by atoms with Crippen molar-refractivity contribution in [3.8, 4) is 0 Å². The van der Waals surface area contributed by atoms with Crippen LogP contribution >= 0.6 is 0 Å². The molecule has 0 N–H and O–H groups in total. The number of Topliss-reactive ketones (excluding diaryl/α,β-unsaturated/α-hetero) is 1. The Kier molecular flexibility index (Phi) is 3.44. The van der Waals surface area contributed by atoms with Gasteiger partial charge < -0.3 is 0 Å². The Morgan fingerprint density at radius 1 is 1.12 bits per heavy atom. The number of hydrogen-bond donors (Lipinski definition) is 0. The summed E-state index contributed by atoms with van der Waals surface area (Å²) in [5, 5.41) is 0. The first-order valence-electron chi connectivity index (χ1n) is 4.23. The Hall–Kier alpha value is -1.60. The van der Waals surface area contributed by atoms with Crippen molar-refractivity contribution in [2.24, 2.45) is 0 Å². The molecule has 0 saturated heterocycles. The smallest absolute Gasteiger partial charge is 0.289 e. The van der Waals surface area contributed by atoms with Crippen molar-refractivity contribution in [3.63, 3.8) is 0 Å². The summed E-state index contributed by atoms with van der Waals surface area (Å²) in [6.07, 6.45) is -10.3. The van der Waals surface area contributed by atoms with Crippen molar-refractivity contribution in [1.82, 2.24) is 4.98 Å². The quantitative estimate of drug-likeness (QED) is 0.762. The van der Waals surface area contributed by atoms with Crippen molar-refractivity contribution in [3.05, 3.63) is 29.6 Å². The third kappa shape index (κ3) is 3.72. The van der Waals surface area contributed by atoms with Gasteiger partial charge in [0.2, 0.25) is 5.78 Å². The number of aromatic nitrogens is 1. The molecule has 1 aromatic rings. The largest absolute Gasteiger partial charge is 0.450 e. The molecule has 0 aliphatic heterocycles.